The molecule has 2 nitrogen and oxygen atoms in total. The topological polar surface area (TPSA) is 34.1 Å². The van der Waals surface area contributed by atoms with Crippen molar-refractivity contribution < 1.29 is 9.59 Å². The molecule has 0 aromatic carbocycles. The third-order valence-electron chi connectivity index (χ3n) is 5.65. The summed E-state index contributed by atoms with van der Waals surface area (Å²) in [4.78, 5) is 24.5. The number of rotatable bonds is 0. The van der Waals surface area contributed by atoms with Crippen LogP contribution in [0.15, 0.2) is 12.2 Å². The lowest BCUT2D eigenvalue weighted by Crippen LogP contribution is -2.49. The molecule has 22 heavy (non-hydrogen) atoms. The van der Waals surface area contributed by atoms with Crippen molar-refractivity contribution >= 4 is 11.6 Å². The molecule has 5 unspecified atom stereocenters. The van der Waals surface area contributed by atoms with Gasteiger partial charge in [0.05, 0.1) is 5.92 Å². The van der Waals surface area contributed by atoms with Gasteiger partial charge in [-0.05, 0) is 48.5 Å². The van der Waals surface area contributed by atoms with Crippen molar-refractivity contribution in [3.8, 4) is 0 Å². The molecule has 5 atom stereocenters. The van der Waals surface area contributed by atoms with Gasteiger partial charge in [-0.25, -0.2) is 0 Å². The Balaban J connectivity index is 0.00000106. The Morgan fingerprint density at radius 1 is 0.955 bits per heavy atom. The Morgan fingerprint density at radius 3 is 2.23 bits per heavy atom. The zero-order valence-corrected chi connectivity index (χ0v) is 13.2. The number of Topliss-reactive ketones (excluding diaryl/α,β-unsaturated/α-hetero) is 2. The van der Waals surface area contributed by atoms with Crippen LogP contribution in [-0.4, -0.2) is 11.6 Å². The van der Waals surface area contributed by atoms with Crippen molar-refractivity contribution in [1.29, 1.82) is 0 Å². The highest BCUT2D eigenvalue weighted by Gasteiger charge is 2.50. The third kappa shape index (κ3) is 3.52. The predicted molar refractivity (Wildman–Crippen MR) is 94.8 cm³/mol. The highest BCUT2D eigenvalue weighted by atomic mass is 16.2. The maximum Gasteiger partial charge on any atom is 0.168 e. The van der Waals surface area contributed by atoms with E-state index in [1.54, 1.807) is 0 Å². The van der Waals surface area contributed by atoms with Crippen LogP contribution in [0, 0.1) is 29.6 Å². The fourth-order valence-corrected chi connectivity index (χ4v) is 4.66. The summed E-state index contributed by atoms with van der Waals surface area (Å²) in [5, 5.41) is 0. The number of carbonyl (C=O) groups excluding carboxylic acids is 2. The summed E-state index contributed by atoms with van der Waals surface area (Å²) in [6, 6.07) is 0. The van der Waals surface area contributed by atoms with E-state index < -0.39 is 0 Å². The summed E-state index contributed by atoms with van der Waals surface area (Å²) >= 11 is 0. The van der Waals surface area contributed by atoms with Gasteiger partial charge in [0.1, 0.15) is 5.78 Å². The summed E-state index contributed by atoms with van der Waals surface area (Å²) in [5.74, 6) is 2.11. The minimum atomic E-state index is -0.321. The lowest BCUT2D eigenvalue weighted by atomic mass is 9.54. The molecule has 0 aliphatic heterocycles. The molecular weight excluding hydrogens is 272 g/mol. The van der Waals surface area contributed by atoms with Crippen LogP contribution in [0.5, 0.6) is 0 Å². The fourth-order valence-electron chi connectivity index (χ4n) is 4.66. The van der Waals surface area contributed by atoms with Gasteiger partial charge in [0.25, 0.3) is 0 Å². The van der Waals surface area contributed by atoms with Crippen LogP contribution in [0.4, 0.5) is 0 Å². The van der Waals surface area contributed by atoms with Gasteiger partial charge in [-0.15, -0.1) is 0 Å². The second-order valence-electron chi connectivity index (χ2n) is 6.55. The van der Waals surface area contributed by atoms with Crippen LogP contribution in [0.2, 0.25) is 0 Å². The Labute approximate surface area is 137 Å². The van der Waals surface area contributed by atoms with E-state index in [9.17, 15) is 9.59 Å². The molecule has 3 fully saturated rings. The molecule has 0 heterocycles. The van der Waals surface area contributed by atoms with Gasteiger partial charge < -0.3 is 0 Å². The Kier molecular flexibility index (Phi) is 8.28. The summed E-state index contributed by atoms with van der Waals surface area (Å²) in [7, 11) is 0. The molecule has 2 heteroatoms. The van der Waals surface area contributed by atoms with E-state index in [-0.39, 0.29) is 32.3 Å². The molecule has 0 spiro atoms. The zero-order chi connectivity index (χ0) is 14.9. The number of carbonyl (C=O) groups is 2. The number of hydrogen-bond acceptors (Lipinski definition) is 2. The molecule has 0 aromatic heterocycles. The van der Waals surface area contributed by atoms with Crippen molar-refractivity contribution in [2.24, 2.45) is 29.6 Å². The summed E-state index contributed by atoms with van der Waals surface area (Å²) < 4.78 is 0. The summed E-state index contributed by atoms with van der Waals surface area (Å²) in [6.45, 7) is 10.1. The van der Waals surface area contributed by atoms with Crippen LogP contribution < -0.4 is 0 Å². The first kappa shape index (κ1) is 21.1. The van der Waals surface area contributed by atoms with Crippen molar-refractivity contribution in [3.05, 3.63) is 12.2 Å². The lowest BCUT2D eigenvalue weighted by Gasteiger charge is -2.48. The minimum absolute atomic E-state index is 0. The standard InChI is InChI=1S/C16H22O2.C2H6.2CH4/c1-9-4-3-5-11-12-7-6-10(2)16(18)15(12)14(17)8-13(9)11;1-2;;/h9,11-13,15H,2-8H2,1H3;1-2H3;2*1H4. The van der Waals surface area contributed by atoms with E-state index >= 15 is 0 Å². The summed E-state index contributed by atoms with van der Waals surface area (Å²) in [5.41, 5.74) is 0.687. The Hall–Kier alpha value is -0.920. The van der Waals surface area contributed by atoms with Crippen molar-refractivity contribution in [3.63, 3.8) is 0 Å². The van der Waals surface area contributed by atoms with Crippen LogP contribution in [0.3, 0.4) is 0 Å². The normalized spacial score (nSPS) is 36.7. The largest absolute Gasteiger partial charge is 0.299 e. The maximum atomic E-state index is 12.3. The smallest absolute Gasteiger partial charge is 0.168 e. The molecule has 0 bridgehead atoms. The first-order valence-corrected chi connectivity index (χ1v) is 8.34. The summed E-state index contributed by atoms with van der Waals surface area (Å²) in [6.07, 6.45) is 6.22. The number of allylic oxidation sites excluding steroid dienone is 1. The van der Waals surface area contributed by atoms with Crippen molar-refractivity contribution in [2.45, 2.75) is 74.1 Å². The molecule has 0 saturated heterocycles. The average Bonchev–Trinajstić information content (AvgIpc) is 2.46. The average molecular weight is 309 g/mol. The quantitative estimate of drug-likeness (QED) is 0.440. The van der Waals surface area contributed by atoms with E-state index in [0.717, 1.165) is 12.8 Å². The van der Waals surface area contributed by atoms with Crippen LogP contribution >= 0.6 is 0 Å². The number of ketones is 2. The molecule has 3 aliphatic carbocycles. The van der Waals surface area contributed by atoms with Crippen LogP contribution in [0.25, 0.3) is 0 Å². The van der Waals surface area contributed by atoms with Crippen LogP contribution in [0.1, 0.15) is 74.1 Å². The van der Waals surface area contributed by atoms with Gasteiger partial charge in [-0.1, -0.05) is 55.0 Å². The second-order valence-corrected chi connectivity index (χ2v) is 6.55. The molecule has 0 N–H and O–H groups in total. The first-order chi connectivity index (χ1) is 9.59. The Morgan fingerprint density at radius 2 is 1.59 bits per heavy atom. The van der Waals surface area contributed by atoms with Crippen molar-refractivity contribution in [1.82, 2.24) is 0 Å². The van der Waals surface area contributed by atoms with Gasteiger partial charge in [-0.3, -0.25) is 9.59 Å². The van der Waals surface area contributed by atoms with Gasteiger partial charge in [0.2, 0.25) is 0 Å². The molecule has 3 rings (SSSR count). The van der Waals surface area contributed by atoms with E-state index in [0.29, 0.717) is 35.7 Å². The van der Waals surface area contributed by atoms with E-state index in [1.165, 1.54) is 19.3 Å². The van der Waals surface area contributed by atoms with E-state index in [4.69, 9.17) is 0 Å². The number of hydrogen-bond donors (Lipinski definition) is 0. The van der Waals surface area contributed by atoms with Gasteiger partial charge >= 0.3 is 0 Å². The molecular formula is C20H36O2. The molecule has 3 aliphatic rings. The molecule has 0 radical (unpaired) electrons. The monoisotopic (exact) mass is 308 g/mol. The predicted octanol–water partition coefficient (Wildman–Crippen LogP) is 5.46. The van der Waals surface area contributed by atoms with E-state index in [2.05, 4.69) is 13.5 Å². The maximum absolute atomic E-state index is 12.3. The molecule has 0 aromatic rings. The van der Waals surface area contributed by atoms with Gasteiger partial charge in [-0.2, -0.15) is 0 Å². The number of fused-ring (bicyclic) bond motifs is 3. The van der Waals surface area contributed by atoms with Crippen molar-refractivity contribution in [2.75, 3.05) is 0 Å². The van der Waals surface area contributed by atoms with E-state index in [1.807, 2.05) is 13.8 Å². The SMILES string of the molecule is C.C.C=C1CCC2C(C(=O)CC3C(C)CCCC32)C1=O.CC. The first-order valence-electron chi connectivity index (χ1n) is 8.34. The highest BCUT2D eigenvalue weighted by Crippen LogP contribution is 2.51. The lowest BCUT2D eigenvalue weighted by molar-refractivity contribution is -0.143. The molecule has 0 amide bonds. The van der Waals surface area contributed by atoms with Gasteiger partial charge in [0, 0.05) is 6.42 Å². The fraction of sp³-hybridized carbons (Fsp3) is 0.800. The van der Waals surface area contributed by atoms with Gasteiger partial charge in [0.15, 0.2) is 5.78 Å². The molecule has 3 saturated carbocycles. The zero-order valence-electron chi connectivity index (χ0n) is 13.2. The minimum Gasteiger partial charge on any atom is -0.299 e. The highest BCUT2D eigenvalue weighted by molar-refractivity contribution is 6.11. The second kappa shape index (κ2) is 8.64. The Bertz CT molecular complexity index is 410. The van der Waals surface area contributed by atoms with Crippen LogP contribution in [-0.2, 0) is 9.59 Å². The molecule has 128 valence electrons. The third-order valence-corrected chi connectivity index (χ3v) is 5.65.